The molecule has 0 bridgehead atoms. The molecule has 0 saturated carbocycles. The van der Waals surface area contributed by atoms with E-state index in [9.17, 15) is 13.2 Å². The third-order valence-corrected chi connectivity index (χ3v) is 8.09. The van der Waals surface area contributed by atoms with Gasteiger partial charge in [-0.15, -0.1) is 0 Å². The van der Waals surface area contributed by atoms with Crippen molar-refractivity contribution in [3.8, 4) is 0 Å². The van der Waals surface area contributed by atoms with Crippen molar-refractivity contribution < 1.29 is 13.2 Å². The zero-order valence-electron chi connectivity index (χ0n) is 16.2. The molecule has 7 heteroatoms. The van der Waals surface area contributed by atoms with Crippen LogP contribution in [0.3, 0.4) is 0 Å². The van der Waals surface area contributed by atoms with Gasteiger partial charge in [0.15, 0.2) is 0 Å². The molecule has 2 aromatic rings. The zero-order valence-corrected chi connectivity index (χ0v) is 17.8. The number of nitrogens with zero attached hydrogens (tertiary/aromatic N) is 1. The standard InChI is InChI=1S/C22H25ClN2O3S/c23-18-8-10-19(11-9-18)29(27,28)25-14-12-17(13-15-25)22(26)24-21-7-3-5-16-4-1-2-6-20(16)21/h3,5,7-11,17H,1-2,4,6,12-15H2,(H,24,26). The number of carbonyl (C=O) groups excluding carboxylic acids is 1. The van der Waals surface area contributed by atoms with E-state index in [2.05, 4.69) is 11.4 Å². The fourth-order valence-electron chi connectivity index (χ4n) is 4.25. The Balaban J connectivity index is 1.40. The summed E-state index contributed by atoms with van der Waals surface area (Å²) in [5, 5.41) is 3.61. The molecule has 0 unspecified atom stereocenters. The first kappa shape index (κ1) is 20.4. The Hall–Kier alpha value is -1.89. The van der Waals surface area contributed by atoms with E-state index in [0.717, 1.165) is 24.9 Å². The fourth-order valence-corrected chi connectivity index (χ4v) is 5.84. The van der Waals surface area contributed by atoms with E-state index in [0.29, 0.717) is 31.0 Å². The lowest BCUT2D eigenvalue weighted by molar-refractivity contribution is -0.120. The minimum atomic E-state index is -3.56. The van der Waals surface area contributed by atoms with Gasteiger partial charge in [0.1, 0.15) is 0 Å². The normalized spacial score (nSPS) is 18.2. The molecular formula is C22H25ClN2O3S. The van der Waals surface area contributed by atoms with Crippen LogP contribution >= 0.6 is 11.6 Å². The van der Waals surface area contributed by atoms with Crippen molar-refractivity contribution in [3.63, 3.8) is 0 Å². The summed E-state index contributed by atoms with van der Waals surface area (Å²) in [6.45, 7) is 0.686. The predicted molar refractivity (Wildman–Crippen MR) is 115 cm³/mol. The second-order valence-electron chi connectivity index (χ2n) is 7.77. The first-order chi connectivity index (χ1) is 13.9. The van der Waals surface area contributed by atoms with Crippen molar-refractivity contribution >= 4 is 33.2 Å². The van der Waals surface area contributed by atoms with Gasteiger partial charge in [-0.2, -0.15) is 4.31 Å². The van der Waals surface area contributed by atoms with Crippen molar-refractivity contribution in [1.82, 2.24) is 4.31 Å². The number of nitrogens with one attached hydrogen (secondary N) is 1. The van der Waals surface area contributed by atoms with Gasteiger partial charge >= 0.3 is 0 Å². The third-order valence-electron chi connectivity index (χ3n) is 5.93. The van der Waals surface area contributed by atoms with Gasteiger partial charge in [-0.25, -0.2) is 8.42 Å². The van der Waals surface area contributed by atoms with Gasteiger partial charge in [-0.3, -0.25) is 4.79 Å². The Morgan fingerprint density at radius 1 is 1.00 bits per heavy atom. The van der Waals surface area contributed by atoms with E-state index in [-0.39, 0.29) is 16.7 Å². The average molecular weight is 433 g/mol. The van der Waals surface area contributed by atoms with E-state index in [1.165, 1.54) is 34.0 Å². The maximum atomic E-state index is 12.8. The summed E-state index contributed by atoms with van der Waals surface area (Å²) in [7, 11) is -3.56. The molecule has 1 N–H and O–H groups in total. The van der Waals surface area contributed by atoms with E-state index >= 15 is 0 Å². The summed E-state index contributed by atoms with van der Waals surface area (Å²) in [5.74, 6) is -0.182. The van der Waals surface area contributed by atoms with Crippen LogP contribution in [0.1, 0.15) is 36.8 Å². The molecule has 5 nitrogen and oxygen atoms in total. The van der Waals surface area contributed by atoms with Crippen LogP contribution in [0.2, 0.25) is 5.02 Å². The second kappa shape index (κ2) is 8.46. The van der Waals surface area contributed by atoms with Gasteiger partial charge < -0.3 is 5.32 Å². The van der Waals surface area contributed by atoms with Crippen LogP contribution in [0.5, 0.6) is 0 Å². The molecule has 154 valence electrons. The minimum absolute atomic E-state index is 0.00693. The number of aryl methyl sites for hydroxylation is 1. The van der Waals surface area contributed by atoms with Gasteiger partial charge in [0.2, 0.25) is 15.9 Å². The van der Waals surface area contributed by atoms with Crippen LogP contribution in [0.4, 0.5) is 5.69 Å². The largest absolute Gasteiger partial charge is 0.326 e. The Bertz CT molecular complexity index is 997. The van der Waals surface area contributed by atoms with Gasteiger partial charge in [-0.05, 0) is 80.0 Å². The Morgan fingerprint density at radius 2 is 1.69 bits per heavy atom. The van der Waals surface area contributed by atoms with Crippen LogP contribution in [0, 0.1) is 5.92 Å². The number of halogens is 1. The highest BCUT2D eigenvalue weighted by atomic mass is 35.5. The van der Waals surface area contributed by atoms with E-state index in [1.54, 1.807) is 12.1 Å². The van der Waals surface area contributed by atoms with Crippen LogP contribution in [-0.2, 0) is 27.7 Å². The number of rotatable bonds is 4. The number of anilines is 1. The molecule has 1 fully saturated rings. The van der Waals surface area contributed by atoms with Crippen molar-refractivity contribution in [2.45, 2.75) is 43.4 Å². The number of fused-ring (bicyclic) bond motifs is 1. The summed E-state index contributed by atoms with van der Waals surface area (Å²) in [6.07, 6.45) is 5.47. The van der Waals surface area contributed by atoms with Crippen LogP contribution in [0.15, 0.2) is 47.4 Å². The summed E-state index contributed by atoms with van der Waals surface area (Å²) in [4.78, 5) is 13.1. The van der Waals surface area contributed by atoms with Crippen molar-refractivity contribution in [1.29, 1.82) is 0 Å². The molecule has 1 aliphatic carbocycles. The Morgan fingerprint density at radius 3 is 2.41 bits per heavy atom. The smallest absolute Gasteiger partial charge is 0.243 e. The number of piperidine rings is 1. The first-order valence-electron chi connectivity index (χ1n) is 10.1. The predicted octanol–water partition coefficient (Wildman–Crippen LogP) is 4.26. The lowest BCUT2D eigenvalue weighted by Gasteiger charge is -2.31. The minimum Gasteiger partial charge on any atom is -0.326 e. The number of carbonyl (C=O) groups is 1. The van der Waals surface area contributed by atoms with Gasteiger partial charge in [0.05, 0.1) is 4.90 Å². The summed E-state index contributed by atoms with van der Waals surface area (Å²) >= 11 is 5.86. The molecule has 1 aliphatic heterocycles. The van der Waals surface area contributed by atoms with Gasteiger partial charge in [0.25, 0.3) is 0 Å². The lowest BCUT2D eigenvalue weighted by atomic mass is 9.90. The van der Waals surface area contributed by atoms with Crippen LogP contribution in [-0.4, -0.2) is 31.7 Å². The number of amides is 1. The topological polar surface area (TPSA) is 66.5 Å². The number of sulfonamides is 1. The molecular weight excluding hydrogens is 408 g/mol. The highest BCUT2D eigenvalue weighted by Crippen LogP contribution is 2.30. The monoisotopic (exact) mass is 432 g/mol. The van der Waals surface area contributed by atoms with Crippen molar-refractivity contribution in [2.24, 2.45) is 5.92 Å². The van der Waals surface area contributed by atoms with Crippen molar-refractivity contribution in [2.75, 3.05) is 18.4 Å². The molecule has 0 radical (unpaired) electrons. The maximum absolute atomic E-state index is 12.8. The Labute approximate surface area is 177 Å². The molecule has 0 spiro atoms. The fraction of sp³-hybridized carbons (Fsp3) is 0.409. The second-order valence-corrected chi connectivity index (χ2v) is 10.1. The number of benzene rings is 2. The number of hydrogen-bond donors (Lipinski definition) is 1. The van der Waals surface area contributed by atoms with E-state index < -0.39 is 10.0 Å². The summed E-state index contributed by atoms with van der Waals surface area (Å²) < 4.78 is 27.1. The number of hydrogen-bond acceptors (Lipinski definition) is 3. The van der Waals surface area contributed by atoms with Gasteiger partial charge in [0, 0.05) is 29.7 Å². The third kappa shape index (κ3) is 4.34. The first-order valence-corrected chi connectivity index (χ1v) is 11.9. The maximum Gasteiger partial charge on any atom is 0.243 e. The highest BCUT2D eigenvalue weighted by Gasteiger charge is 2.32. The van der Waals surface area contributed by atoms with E-state index in [1.807, 2.05) is 12.1 Å². The molecule has 4 rings (SSSR count). The quantitative estimate of drug-likeness (QED) is 0.784. The molecule has 2 aliphatic rings. The lowest BCUT2D eigenvalue weighted by Crippen LogP contribution is -2.41. The zero-order chi connectivity index (χ0) is 20.4. The SMILES string of the molecule is O=C(Nc1cccc2c1CCCC2)C1CCN(S(=O)(=O)c2ccc(Cl)cc2)CC1. The molecule has 0 aromatic heterocycles. The van der Waals surface area contributed by atoms with E-state index in [4.69, 9.17) is 11.6 Å². The van der Waals surface area contributed by atoms with Crippen LogP contribution < -0.4 is 5.32 Å². The molecule has 1 amide bonds. The molecule has 1 heterocycles. The Kier molecular flexibility index (Phi) is 5.95. The summed E-state index contributed by atoms with van der Waals surface area (Å²) in [5.41, 5.74) is 3.51. The molecule has 29 heavy (non-hydrogen) atoms. The molecule has 1 saturated heterocycles. The molecule has 2 aromatic carbocycles. The van der Waals surface area contributed by atoms with Gasteiger partial charge in [-0.1, -0.05) is 23.7 Å². The molecule has 0 atom stereocenters. The average Bonchev–Trinajstić information content (AvgIpc) is 2.74. The van der Waals surface area contributed by atoms with Crippen molar-refractivity contribution in [3.05, 3.63) is 58.6 Å². The van der Waals surface area contributed by atoms with Crippen LogP contribution in [0.25, 0.3) is 0 Å². The highest BCUT2D eigenvalue weighted by molar-refractivity contribution is 7.89. The summed E-state index contributed by atoms with van der Waals surface area (Å²) in [6, 6.07) is 12.3.